The van der Waals surface area contributed by atoms with Crippen molar-refractivity contribution in [1.29, 1.82) is 0 Å². The van der Waals surface area contributed by atoms with Crippen LogP contribution in [-0.4, -0.2) is 28.4 Å². The number of esters is 1. The lowest BCUT2D eigenvalue weighted by Crippen LogP contribution is -2.21. The fraction of sp³-hybridized carbons (Fsp3) is 0.227. The van der Waals surface area contributed by atoms with E-state index in [2.05, 4.69) is 15.7 Å². The number of rotatable bonds is 7. The van der Waals surface area contributed by atoms with Gasteiger partial charge in [0.15, 0.2) is 5.82 Å². The number of aromatic nitrogens is 2. The van der Waals surface area contributed by atoms with Gasteiger partial charge in [0.1, 0.15) is 0 Å². The van der Waals surface area contributed by atoms with Crippen LogP contribution >= 0.6 is 0 Å². The van der Waals surface area contributed by atoms with E-state index < -0.39 is 12.0 Å². The number of amides is 2. The molecular formula is C22H24N4O3. The van der Waals surface area contributed by atoms with Crippen molar-refractivity contribution >= 4 is 23.5 Å². The third-order valence-electron chi connectivity index (χ3n) is 4.32. The molecule has 7 nitrogen and oxygen atoms in total. The minimum Gasteiger partial charge on any atom is -0.462 e. The van der Waals surface area contributed by atoms with Crippen LogP contribution in [0.4, 0.5) is 16.3 Å². The fourth-order valence-electron chi connectivity index (χ4n) is 2.83. The molecule has 1 aromatic heterocycles. The van der Waals surface area contributed by atoms with Crippen LogP contribution in [0.1, 0.15) is 30.1 Å². The van der Waals surface area contributed by atoms with Gasteiger partial charge in [0.05, 0.1) is 23.6 Å². The molecule has 0 aliphatic heterocycles. The van der Waals surface area contributed by atoms with Crippen molar-refractivity contribution in [2.24, 2.45) is 7.05 Å². The van der Waals surface area contributed by atoms with Crippen LogP contribution in [0.25, 0.3) is 11.3 Å². The van der Waals surface area contributed by atoms with E-state index >= 15 is 0 Å². The summed E-state index contributed by atoms with van der Waals surface area (Å²) in [5.41, 5.74) is 2.56. The highest BCUT2D eigenvalue weighted by atomic mass is 16.5. The molecule has 2 amide bonds. The smallest absolute Gasteiger partial charge is 0.340 e. The summed E-state index contributed by atoms with van der Waals surface area (Å²) in [5, 5.41) is 9.73. The van der Waals surface area contributed by atoms with Crippen molar-refractivity contribution in [3.63, 3.8) is 0 Å². The normalized spacial score (nSPS) is 10.4. The third kappa shape index (κ3) is 5.22. The topological polar surface area (TPSA) is 85.2 Å². The molecule has 0 saturated heterocycles. The summed E-state index contributed by atoms with van der Waals surface area (Å²) in [7, 11) is 1.81. The number of nitrogens with one attached hydrogen (secondary N) is 2. The molecule has 3 aromatic rings. The summed E-state index contributed by atoms with van der Waals surface area (Å²) in [5.74, 6) is -0.0505. The molecule has 2 N–H and O–H groups in total. The number of carbonyl (C=O) groups excluding carboxylic acids is 2. The van der Waals surface area contributed by atoms with Gasteiger partial charge in [-0.1, -0.05) is 55.8 Å². The van der Waals surface area contributed by atoms with E-state index in [1.54, 1.807) is 35.0 Å². The van der Waals surface area contributed by atoms with E-state index in [0.717, 1.165) is 24.1 Å². The maximum Gasteiger partial charge on any atom is 0.340 e. The van der Waals surface area contributed by atoms with Gasteiger partial charge in [-0.2, -0.15) is 5.10 Å². The van der Waals surface area contributed by atoms with E-state index in [-0.39, 0.29) is 0 Å². The van der Waals surface area contributed by atoms with Gasteiger partial charge in [-0.15, -0.1) is 0 Å². The highest BCUT2D eigenvalue weighted by Crippen LogP contribution is 2.22. The van der Waals surface area contributed by atoms with Gasteiger partial charge in [0, 0.05) is 13.1 Å². The van der Waals surface area contributed by atoms with Crippen molar-refractivity contribution in [2.75, 3.05) is 17.2 Å². The number of nitrogens with zero attached hydrogens (tertiary/aromatic N) is 2. The summed E-state index contributed by atoms with van der Waals surface area (Å²) in [6.07, 6.45) is 1.73. The average Bonchev–Trinajstić information content (AvgIpc) is 3.09. The lowest BCUT2D eigenvalue weighted by Gasteiger charge is -2.11. The highest BCUT2D eigenvalue weighted by Gasteiger charge is 2.15. The second-order valence-corrected chi connectivity index (χ2v) is 6.52. The maximum atomic E-state index is 12.5. The number of ether oxygens (including phenoxy) is 1. The van der Waals surface area contributed by atoms with Crippen molar-refractivity contribution < 1.29 is 14.3 Å². The van der Waals surface area contributed by atoms with Crippen LogP contribution in [0.15, 0.2) is 60.7 Å². The molecule has 2 aromatic carbocycles. The first kappa shape index (κ1) is 20.1. The quantitative estimate of drug-likeness (QED) is 0.451. The largest absolute Gasteiger partial charge is 0.462 e. The molecule has 0 aliphatic carbocycles. The van der Waals surface area contributed by atoms with Crippen LogP contribution in [0.2, 0.25) is 0 Å². The summed E-state index contributed by atoms with van der Waals surface area (Å²) in [6.45, 7) is 2.38. The number of unbranched alkanes of at least 4 members (excludes halogenated alkanes) is 1. The van der Waals surface area contributed by atoms with Crippen molar-refractivity contribution in [3.8, 4) is 11.3 Å². The van der Waals surface area contributed by atoms with Crippen LogP contribution in [0.5, 0.6) is 0 Å². The molecule has 0 bridgehead atoms. The van der Waals surface area contributed by atoms with Crippen LogP contribution in [0, 0.1) is 0 Å². The van der Waals surface area contributed by atoms with Crippen LogP contribution in [-0.2, 0) is 11.8 Å². The molecule has 1 heterocycles. The van der Waals surface area contributed by atoms with Gasteiger partial charge in [-0.05, 0) is 24.1 Å². The molecule has 0 radical (unpaired) electrons. The SMILES string of the molecule is CCCCOC(=O)c1ccccc1NC(=O)Nc1cc(-c2ccccc2)n(C)n1. The summed E-state index contributed by atoms with van der Waals surface area (Å²) >= 11 is 0. The molecule has 0 atom stereocenters. The zero-order valence-corrected chi connectivity index (χ0v) is 16.5. The van der Waals surface area contributed by atoms with Gasteiger partial charge in [0.2, 0.25) is 0 Å². The predicted octanol–water partition coefficient (Wildman–Crippen LogP) is 4.69. The zero-order chi connectivity index (χ0) is 20.6. The van der Waals surface area contributed by atoms with E-state index in [4.69, 9.17) is 4.74 Å². The number of carbonyl (C=O) groups is 2. The predicted molar refractivity (Wildman–Crippen MR) is 113 cm³/mol. The van der Waals surface area contributed by atoms with E-state index in [1.807, 2.05) is 44.3 Å². The first-order chi connectivity index (χ1) is 14.1. The minimum absolute atomic E-state index is 0.310. The van der Waals surface area contributed by atoms with Crippen molar-refractivity contribution in [1.82, 2.24) is 9.78 Å². The molecule has 0 unspecified atom stereocenters. The number of benzene rings is 2. The molecule has 0 aliphatic rings. The Morgan fingerprint density at radius 1 is 1.03 bits per heavy atom. The summed E-state index contributed by atoms with van der Waals surface area (Å²) < 4.78 is 6.95. The molecule has 29 heavy (non-hydrogen) atoms. The number of urea groups is 1. The number of hydrogen-bond donors (Lipinski definition) is 2. The monoisotopic (exact) mass is 392 g/mol. The minimum atomic E-state index is -0.489. The van der Waals surface area contributed by atoms with E-state index in [1.165, 1.54) is 0 Å². The van der Waals surface area contributed by atoms with Gasteiger partial charge in [-0.25, -0.2) is 9.59 Å². The maximum absolute atomic E-state index is 12.5. The second kappa shape index (κ2) is 9.54. The Balaban J connectivity index is 1.68. The second-order valence-electron chi connectivity index (χ2n) is 6.52. The van der Waals surface area contributed by atoms with E-state index in [9.17, 15) is 9.59 Å². The molecule has 0 spiro atoms. The molecule has 150 valence electrons. The molecule has 7 heteroatoms. The van der Waals surface area contributed by atoms with Crippen molar-refractivity contribution in [2.45, 2.75) is 19.8 Å². The number of hydrogen-bond acceptors (Lipinski definition) is 4. The lowest BCUT2D eigenvalue weighted by atomic mass is 10.1. The number of anilines is 2. The summed E-state index contributed by atoms with van der Waals surface area (Å²) in [4.78, 5) is 24.7. The Hall–Kier alpha value is -3.61. The van der Waals surface area contributed by atoms with Crippen LogP contribution in [0.3, 0.4) is 0 Å². The molecule has 3 rings (SSSR count). The van der Waals surface area contributed by atoms with Gasteiger partial charge in [0.25, 0.3) is 0 Å². The molecule has 0 saturated carbocycles. The standard InChI is InChI=1S/C22H24N4O3/c1-3-4-14-29-21(27)17-12-8-9-13-18(17)23-22(28)24-20-15-19(26(2)25-20)16-10-6-5-7-11-16/h5-13,15H,3-4,14H2,1-2H3,(H2,23,24,25,28). The third-order valence-corrected chi connectivity index (χ3v) is 4.32. The highest BCUT2D eigenvalue weighted by molar-refractivity contribution is 6.04. The first-order valence-corrected chi connectivity index (χ1v) is 9.52. The number of para-hydroxylation sites is 1. The molecular weight excluding hydrogens is 368 g/mol. The van der Waals surface area contributed by atoms with Gasteiger partial charge >= 0.3 is 12.0 Å². The molecule has 0 fully saturated rings. The van der Waals surface area contributed by atoms with E-state index in [0.29, 0.717) is 23.7 Å². The Morgan fingerprint density at radius 3 is 2.52 bits per heavy atom. The van der Waals surface area contributed by atoms with Crippen molar-refractivity contribution in [3.05, 3.63) is 66.2 Å². The Morgan fingerprint density at radius 2 is 1.76 bits per heavy atom. The first-order valence-electron chi connectivity index (χ1n) is 9.52. The van der Waals surface area contributed by atoms with Gasteiger partial charge in [-0.3, -0.25) is 10.00 Å². The fourth-order valence-corrected chi connectivity index (χ4v) is 2.83. The number of aryl methyl sites for hydroxylation is 1. The Kier molecular flexibility index (Phi) is 6.63. The summed E-state index contributed by atoms with van der Waals surface area (Å²) in [6, 6.07) is 17.8. The van der Waals surface area contributed by atoms with Crippen LogP contribution < -0.4 is 10.6 Å². The zero-order valence-electron chi connectivity index (χ0n) is 16.5. The Labute approximate surface area is 169 Å². The average molecular weight is 392 g/mol. The Bertz CT molecular complexity index is 983. The van der Waals surface area contributed by atoms with Gasteiger partial charge < -0.3 is 10.1 Å². The lowest BCUT2D eigenvalue weighted by molar-refractivity contribution is 0.0501.